The van der Waals surface area contributed by atoms with E-state index in [1.54, 1.807) is 30.2 Å². The Balaban J connectivity index is 1.49. The molecule has 0 bridgehead atoms. The highest BCUT2D eigenvalue weighted by Crippen LogP contribution is 2.22. The number of nitrogens with one attached hydrogen (secondary N) is 2. The molecule has 166 valence electrons. The molecule has 2 N–H and O–H groups in total. The van der Waals surface area contributed by atoms with Gasteiger partial charge in [-0.15, -0.1) is 0 Å². The minimum Gasteiger partial charge on any atom is -0.488 e. The predicted molar refractivity (Wildman–Crippen MR) is 117 cm³/mol. The molecule has 1 fully saturated rings. The van der Waals surface area contributed by atoms with Crippen molar-refractivity contribution in [1.29, 1.82) is 0 Å². The number of benzene rings is 1. The Morgan fingerprint density at radius 1 is 1.29 bits per heavy atom. The van der Waals surface area contributed by atoms with Crippen molar-refractivity contribution in [3.05, 3.63) is 53.6 Å². The number of aromatic nitrogens is 1. The molecule has 0 radical (unpaired) electrons. The number of piperidine rings is 1. The molecular formula is C23H29FN4O3. The second-order valence-corrected chi connectivity index (χ2v) is 7.66. The van der Waals surface area contributed by atoms with Crippen LogP contribution in [0.25, 0.3) is 0 Å². The second-order valence-electron chi connectivity index (χ2n) is 7.66. The van der Waals surface area contributed by atoms with Gasteiger partial charge in [-0.05, 0) is 55.5 Å². The minimum absolute atomic E-state index is 0.0228. The van der Waals surface area contributed by atoms with Crippen molar-refractivity contribution in [3.8, 4) is 5.75 Å². The van der Waals surface area contributed by atoms with Crippen LogP contribution in [0.4, 0.5) is 14.9 Å². The summed E-state index contributed by atoms with van der Waals surface area (Å²) in [6, 6.07) is 7.89. The molecular weight excluding hydrogens is 399 g/mol. The molecule has 8 heteroatoms. The van der Waals surface area contributed by atoms with Gasteiger partial charge < -0.3 is 20.3 Å². The van der Waals surface area contributed by atoms with Gasteiger partial charge in [0.15, 0.2) is 0 Å². The number of carbonyl (C=O) groups excluding carboxylic acids is 2. The Bertz CT molecular complexity index is 904. The smallest absolute Gasteiger partial charge is 0.319 e. The van der Waals surface area contributed by atoms with Crippen LogP contribution in [0.15, 0.2) is 36.5 Å². The van der Waals surface area contributed by atoms with Crippen molar-refractivity contribution in [2.45, 2.75) is 45.6 Å². The van der Waals surface area contributed by atoms with Gasteiger partial charge in [0.25, 0.3) is 0 Å². The van der Waals surface area contributed by atoms with Gasteiger partial charge in [0.05, 0.1) is 18.4 Å². The first-order chi connectivity index (χ1) is 14.9. The molecule has 1 saturated heterocycles. The van der Waals surface area contributed by atoms with Gasteiger partial charge in [0.1, 0.15) is 17.7 Å². The minimum atomic E-state index is -0.390. The van der Waals surface area contributed by atoms with E-state index in [2.05, 4.69) is 15.6 Å². The highest BCUT2D eigenvalue weighted by Gasteiger charge is 2.23. The number of aryl methyl sites for hydroxylation is 1. The fourth-order valence-electron chi connectivity index (χ4n) is 3.55. The maximum absolute atomic E-state index is 14.1. The molecule has 1 aliphatic rings. The van der Waals surface area contributed by atoms with Crippen molar-refractivity contribution in [3.63, 3.8) is 0 Å². The standard InChI is InChI=1S/C23H29FN4O3/c1-3-19-6-7-20(14-26-19)27-23(30)25-9-8-17-11-18(24)13-22(12-17)31-21-5-4-10-28(15-21)16(2)29/h6-7,11-14,21H,3-5,8-10,15H2,1-2H3,(H2,25,27,30). The third kappa shape index (κ3) is 6.94. The summed E-state index contributed by atoms with van der Waals surface area (Å²) >= 11 is 0. The Morgan fingerprint density at radius 2 is 2.13 bits per heavy atom. The summed E-state index contributed by atoms with van der Waals surface area (Å²) in [7, 11) is 0. The van der Waals surface area contributed by atoms with Crippen molar-refractivity contribution < 1.29 is 18.7 Å². The summed E-state index contributed by atoms with van der Waals surface area (Å²) in [6.45, 7) is 5.15. The zero-order valence-corrected chi connectivity index (χ0v) is 18.0. The first-order valence-electron chi connectivity index (χ1n) is 10.6. The van der Waals surface area contributed by atoms with Crippen molar-refractivity contribution in [2.24, 2.45) is 0 Å². The van der Waals surface area contributed by atoms with Crippen LogP contribution >= 0.6 is 0 Å². The number of hydrogen-bond acceptors (Lipinski definition) is 4. The predicted octanol–water partition coefficient (Wildman–Crippen LogP) is 3.54. The Kier molecular flexibility index (Phi) is 7.81. The maximum Gasteiger partial charge on any atom is 0.319 e. The third-order valence-corrected chi connectivity index (χ3v) is 5.20. The molecule has 3 rings (SSSR count). The summed E-state index contributed by atoms with van der Waals surface area (Å²) in [5.74, 6) is 0.0740. The van der Waals surface area contributed by atoms with E-state index in [4.69, 9.17) is 4.74 Å². The monoisotopic (exact) mass is 428 g/mol. The molecule has 2 aromatic rings. The fraction of sp³-hybridized carbons (Fsp3) is 0.435. The summed E-state index contributed by atoms with van der Waals surface area (Å²) in [4.78, 5) is 29.6. The van der Waals surface area contributed by atoms with Gasteiger partial charge in [-0.25, -0.2) is 9.18 Å². The van der Waals surface area contributed by atoms with Gasteiger partial charge in [0, 0.05) is 31.8 Å². The molecule has 1 aliphatic heterocycles. The number of anilines is 1. The fourth-order valence-corrected chi connectivity index (χ4v) is 3.55. The number of hydrogen-bond donors (Lipinski definition) is 2. The SMILES string of the molecule is CCc1ccc(NC(=O)NCCc2cc(F)cc(OC3CCCN(C(C)=O)C3)c2)cn1. The van der Waals surface area contributed by atoms with Crippen LogP contribution in [0.2, 0.25) is 0 Å². The number of carbonyl (C=O) groups is 2. The molecule has 7 nitrogen and oxygen atoms in total. The van der Waals surface area contributed by atoms with E-state index >= 15 is 0 Å². The molecule has 1 atom stereocenters. The maximum atomic E-state index is 14.1. The molecule has 0 spiro atoms. The lowest BCUT2D eigenvalue weighted by Crippen LogP contribution is -2.43. The first kappa shape index (κ1) is 22.5. The van der Waals surface area contributed by atoms with Crippen LogP contribution in [0.3, 0.4) is 0 Å². The topological polar surface area (TPSA) is 83.6 Å². The largest absolute Gasteiger partial charge is 0.488 e. The summed E-state index contributed by atoms with van der Waals surface area (Å²) in [5, 5.41) is 5.49. The van der Waals surface area contributed by atoms with Gasteiger partial charge in [0.2, 0.25) is 5.91 Å². The Labute approximate surface area is 182 Å². The van der Waals surface area contributed by atoms with Gasteiger partial charge in [-0.1, -0.05) is 6.92 Å². The molecule has 0 saturated carbocycles. The highest BCUT2D eigenvalue weighted by molar-refractivity contribution is 5.88. The molecule has 31 heavy (non-hydrogen) atoms. The normalized spacial score (nSPS) is 16.0. The Hall–Kier alpha value is -3.16. The van der Waals surface area contributed by atoms with E-state index in [1.165, 1.54) is 12.1 Å². The van der Waals surface area contributed by atoms with Crippen molar-refractivity contribution in [1.82, 2.24) is 15.2 Å². The number of amides is 3. The lowest BCUT2D eigenvalue weighted by atomic mass is 10.1. The first-order valence-corrected chi connectivity index (χ1v) is 10.6. The van der Waals surface area contributed by atoms with Crippen LogP contribution in [0, 0.1) is 5.82 Å². The van der Waals surface area contributed by atoms with E-state index in [0.717, 1.165) is 37.1 Å². The lowest BCUT2D eigenvalue weighted by molar-refractivity contribution is -0.131. The van der Waals surface area contributed by atoms with Crippen LogP contribution in [0.1, 0.15) is 37.9 Å². The second kappa shape index (κ2) is 10.7. The van der Waals surface area contributed by atoms with E-state index in [9.17, 15) is 14.0 Å². The molecule has 1 aromatic carbocycles. The van der Waals surface area contributed by atoms with Crippen LogP contribution in [-0.2, 0) is 17.6 Å². The lowest BCUT2D eigenvalue weighted by Gasteiger charge is -2.32. The number of nitrogens with zero attached hydrogens (tertiary/aromatic N) is 2. The highest BCUT2D eigenvalue weighted by atomic mass is 19.1. The van der Waals surface area contributed by atoms with Crippen molar-refractivity contribution in [2.75, 3.05) is 25.0 Å². The van der Waals surface area contributed by atoms with Crippen LogP contribution < -0.4 is 15.4 Å². The zero-order chi connectivity index (χ0) is 22.2. The Morgan fingerprint density at radius 3 is 2.84 bits per heavy atom. The number of urea groups is 1. The number of pyridine rings is 1. The van der Waals surface area contributed by atoms with Gasteiger partial charge in [-0.2, -0.15) is 0 Å². The number of likely N-dealkylation sites (tertiary alicyclic amines) is 1. The molecule has 3 amide bonds. The third-order valence-electron chi connectivity index (χ3n) is 5.20. The van der Waals surface area contributed by atoms with E-state index < -0.39 is 5.82 Å². The quantitative estimate of drug-likeness (QED) is 0.707. The van der Waals surface area contributed by atoms with Crippen molar-refractivity contribution >= 4 is 17.6 Å². The molecule has 1 unspecified atom stereocenters. The van der Waals surface area contributed by atoms with E-state index in [0.29, 0.717) is 30.9 Å². The van der Waals surface area contributed by atoms with Gasteiger partial charge >= 0.3 is 6.03 Å². The average Bonchev–Trinajstić information content (AvgIpc) is 2.74. The van der Waals surface area contributed by atoms with E-state index in [1.807, 2.05) is 13.0 Å². The number of rotatable bonds is 7. The molecule has 1 aromatic heterocycles. The number of halogens is 1. The van der Waals surface area contributed by atoms with Crippen LogP contribution in [-0.4, -0.2) is 47.6 Å². The average molecular weight is 429 g/mol. The summed E-state index contributed by atoms with van der Waals surface area (Å²) in [5.41, 5.74) is 2.30. The number of ether oxygens (including phenoxy) is 1. The van der Waals surface area contributed by atoms with E-state index in [-0.39, 0.29) is 18.0 Å². The zero-order valence-electron chi connectivity index (χ0n) is 18.0. The summed E-state index contributed by atoms with van der Waals surface area (Å²) < 4.78 is 20.0. The van der Waals surface area contributed by atoms with Gasteiger partial charge in [-0.3, -0.25) is 9.78 Å². The molecule has 2 heterocycles. The molecule has 0 aliphatic carbocycles. The van der Waals surface area contributed by atoms with Crippen LogP contribution in [0.5, 0.6) is 5.75 Å². The summed E-state index contributed by atoms with van der Waals surface area (Å²) in [6.07, 6.45) is 4.45.